The molecule has 38 heavy (non-hydrogen) atoms. The summed E-state index contributed by atoms with van der Waals surface area (Å²) in [6.45, 7) is 13.3. The van der Waals surface area contributed by atoms with Gasteiger partial charge in [-0.2, -0.15) is 0 Å². The minimum atomic E-state index is -0.294. The molecule has 0 aliphatic rings. The van der Waals surface area contributed by atoms with E-state index in [1.807, 2.05) is 32.3 Å². The van der Waals surface area contributed by atoms with Gasteiger partial charge in [0.05, 0.1) is 17.2 Å². The van der Waals surface area contributed by atoms with E-state index in [-0.39, 0.29) is 5.91 Å². The first-order chi connectivity index (χ1) is 18.3. The second kappa shape index (κ2) is 14.0. The fourth-order valence-corrected chi connectivity index (χ4v) is 4.09. The molecule has 0 aliphatic heterocycles. The van der Waals surface area contributed by atoms with Crippen molar-refractivity contribution in [1.29, 1.82) is 0 Å². The standard InChI is InChI=1S/C30H41N7O/c1-6-36(7-2)19-10-20-37(23(3)33-25-14-16-26(17-15-25)35(4)5)22-24-13-18-29(32-21-24)30(38)34-28-12-9-8-11-27(28)31/h8-9,11-18,21,33H,3,6-7,10,19-20,22,31H2,1-2,4-5H3,(H,34,38). The van der Waals surface area contributed by atoms with Crippen LogP contribution in [0.2, 0.25) is 0 Å². The first kappa shape index (κ1) is 28.5. The molecule has 0 aliphatic carbocycles. The van der Waals surface area contributed by atoms with Crippen LogP contribution in [0.4, 0.5) is 22.7 Å². The largest absolute Gasteiger partial charge is 0.397 e. The molecule has 3 aromatic rings. The third-order valence-electron chi connectivity index (χ3n) is 6.49. The maximum atomic E-state index is 12.7. The Hall–Kier alpha value is -4.04. The number of benzene rings is 2. The highest BCUT2D eigenvalue weighted by Crippen LogP contribution is 2.20. The summed E-state index contributed by atoms with van der Waals surface area (Å²) in [7, 11) is 4.05. The SMILES string of the molecule is C=C(Nc1ccc(N(C)C)cc1)N(CCCN(CC)CC)Cc1ccc(C(=O)Nc2ccccc2N)nc1. The number of para-hydroxylation sites is 2. The summed E-state index contributed by atoms with van der Waals surface area (Å²) >= 11 is 0. The van der Waals surface area contributed by atoms with Crippen LogP contribution in [0.15, 0.2) is 79.3 Å². The summed E-state index contributed by atoms with van der Waals surface area (Å²) in [6, 6.07) is 19.1. The van der Waals surface area contributed by atoms with Crippen molar-refractivity contribution in [3.63, 3.8) is 0 Å². The summed E-state index contributed by atoms with van der Waals surface area (Å²) in [4.78, 5) is 23.8. The van der Waals surface area contributed by atoms with Gasteiger partial charge in [-0.1, -0.05) is 38.6 Å². The normalized spacial score (nSPS) is 10.8. The maximum Gasteiger partial charge on any atom is 0.274 e. The van der Waals surface area contributed by atoms with Crippen molar-refractivity contribution in [2.24, 2.45) is 0 Å². The molecule has 4 N–H and O–H groups in total. The highest BCUT2D eigenvalue weighted by molar-refractivity contribution is 6.04. The van der Waals surface area contributed by atoms with E-state index >= 15 is 0 Å². The monoisotopic (exact) mass is 515 g/mol. The highest BCUT2D eigenvalue weighted by atomic mass is 16.1. The van der Waals surface area contributed by atoms with Gasteiger partial charge in [0.25, 0.3) is 5.91 Å². The fraction of sp³-hybridized carbons (Fsp3) is 0.333. The predicted octanol–water partition coefficient (Wildman–Crippen LogP) is 5.10. The number of anilines is 4. The van der Waals surface area contributed by atoms with Crippen LogP contribution >= 0.6 is 0 Å². The zero-order valence-corrected chi connectivity index (χ0v) is 23.1. The quantitative estimate of drug-likeness (QED) is 0.257. The van der Waals surface area contributed by atoms with Crippen molar-refractivity contribution >= 4 is 28.7 Å². The number of nitrogens with zero attached hydrogens (tertiary/aromatic N) is 4. The van der Waals surface area contributed by atoms with E-state index in [9.17, 15) is 4.79 Å². The first-order valence-corrected chi connectivity index (χ1v) is 13.1. The topological polar surface area (TPSA) is 89.8 Å². The Kier molecular flexibility index (Phi) is 10.5. The van der Waals surface area contributed by atoms with Gasteiger partial charge in [-0.25, -0.2) is 0 Å². The Bertz CT molecular complexity index is 1170. The second-order valence-corrected chi connectivity index (χ2v) is 9.41. The molecule has 8 heteroatoms. The highest BCUT2D eigenvalue weighted by Gasteiger charge is 2.13. The van der Waals surface area contributed by atoms with Gasteiger partial charge in [0.1, 0.15) is 5.69 Å². The van der Waals surface area contributed by atoms with Crippen molar-refractivity contribution in [2.45, 2.75) is 26.8 Å². The third-order valence-corrected chi connectivity index (χ3v) is 6.49. The van der Waals surface area contributed by atoms with E-state index < -0.39 is 0 Å². The minimum absolute atomic E-state index is 0.294. The van der Waals surface area contributed by atoms with E-state index in [0.717, 1.165) is 55.4 Å². The number of carbonyl (C=O) groups is 1. The van der Waals surface area contributed by atoms with Crippen molar-refractivity contribution in [1.82, 2.24) is 14.8 Å². The number of nitrogens with one attached hydrogen (secondary N) is 2. The Morgan fingerprint density at radius 1 is 0.947 bits per heavy atom. The summed E-state index contributed by atoms with van der Waals surface area (Å²) < 4.78 is 0. The van der Waals surface area contributed by atoms with Gasteiger partial charge in [0, 0.05) is 44.8 Å². The van der Waals surface area contributed by atoms with Gasteiger partial charge in [0.15, 0.2) is 0 Å². The van der Waals surface area contributed by atoms with Crippen molar-refractivity contribution < 1.29 is 4.79 Å². The van der Waals surface area contributed by atoms with Crippen LogP contribution in [0, 0.1) is 0 Å². The number of rotatable bonds is 14. The van der Waals surface area contributed by atoms with Gasteiger partial charge >= 0.3 is 0 Å². The average molecular weight is 516 g/mol. The van der Waals surface area contributed by atoms with Gasteiger partial charge in [0.2, 0.25) is 0 Å². The zero-order chi connectivity index (χ0) is 27.5. The molecular formula is C30H41N7O. The summed E-state index contributed by atoms with van der Waals surface area (Å²) in [5.41, 5.74) is 10.5. The molecule has 0 unspecified atom stereocenters. The molecule has 1 amide bonds. The summed E-state index contributed by atoms with van der Waals surface area (Å²) in [5, 5.41) is 6.28. The van der Waals surface area contributed by atoms with Gasteiger partial charge < -0.3 is 31.1 Å². The lowest BCUT2D eigenvalue weighted by molar-refractivity contribution is 0.102. The number of hydrogen-bond donors (Lipinski definition) is 3. The average Bonchev–Trinajstić information content (AvgIpc) is 2.92. The molecule has 1 aromatic heterocycles. The predicted molar refractivity (Wildman–Crippen MR) is 159 cm³/mol. The first-order valence-electron chi connectivity index (χ1n) is 13.1. The Morgan fingerprint density at radius 2 is 1.66 bits per heavy atom. The lowest BCUT2D eigenvalue weighted by atomic mass is 10.2. The molecular weight excluding hydrogens is 474 g/mol. The molecule has 1 heterocycles. The fourth-order valence-electron chi connectivity index (χ4n) is 4.09. The molecule has 0 saturated carbocycles. The second-order valence-electron chi connectivity index (χ2n) is 9.41. The van der Waals surface area contributed by atoms with Crippen molar-refractivity contribution in [2.75, 3.05) is 61.5 Å². The summed E-state index contributed by atoms with van der Waals surface area (Å²) in [5.74, 6) is 0.529. The lowest BCUT2D eigenvalue weighted by Crippen LogP contribution is -2.31. The van der Waals surface area contributed by atoms with Crippen LogP contribution in [0.25, 0.3) is 0 Å². The van der Waals surface area contributed by atoms with E-state index in [1.54, 1.807) is 24.4 Å². The maximum absolute atomic E-state index is 12.7. The van der Waals surface area contributed by atoms with Crippen LogP contribution in [0.1, 0.15) is 36.3 Å². The summed E-state index contributed by atoms with van der Waals surface area (Å²) in [6.07, 6.45) is 2.76. The number of nitrogens with two attached hydrogens (primary N) is 1. The van der Waals surface area contributed by atoms with Gasteiger partial charge in [-0.05, 0) is 74.1 Å². The number of pyridine rings is 1. The Morgan fingerprint density at radius 3 is 2.26 bits per heavy atom. The molecule has 3 rings (SSSR count). The third kappa shape index (κ3) is 8.24. The lowest BCUT2D eigenvalue weighted by Gasteiger charge is -2.29. The number of hydrogen-bond acceptors (Lipinski definition) is 7. The number of aromatic nitrogens is 1. The van der Waals surface area contributed by atoms with Crippen LogP contribution in [-0.2, 0) is 6.54 Å². The van der Waals surface area contributed by atoms with E-state index in [0.29, 0.717) is 23.6 Å². The van der Waals surface area contributed by atoms with Crippen LogP contribution in [-0.4, -0.2) is 61.0 Å². The Labute approximate surface area is 227 Å². The van der Waals surface area contributed by atoms with Crippen LogP contribution < -0.4 is 21.3 Å². The molecule has 8 nitrogen and oxygen atoms in total. The van der Waals surface area contributed by atoms with E-state index in [2.05, 4.69) is 75.0 Å². The number of carbonyl (C=O) groups excluding carboxylic acids is 1. The zero-order valence-electron chi connectivity index (χ0n) is 23.1. The molecule has 0 spiro atoms. The van der Waals surface area contributed by atoms with Gasteiger partial charge in [-0.15, -0.1) is 0 Å². The van der Waals surface area contributed by atoms with Crippen molar-refractivity contribution in [3.8, 4) is 0 Å². The molecule has 0 fully saturated rings. The van der Waals surface area contributed by atoms with Crippen molar-refractivity contribution in [3.05, 3.63) is 90.5 Å². The number of amides is 1. The molecule has 0 saturated heterocycles. The molecule has 202 valence electrons. The van der Waals surface area contributed by atoms with E-state index in [1.165, 1.54) is 0 Å². The number of nitrogen functional groups attached to an aromatic ring is 1. The van der Waals surface area contributed by atoms with Crippen LogP contribution in [0.5, 0.6) is 0 Å². The smallest absolute Gasteiger partial charge is 0.274 e. The van der Waals surface area contributed by atoms with Crippen LogP contribution in [0.3, 0.4) is 0 Å². The Balaban J connectivity index is 1.68. The molecule has 2 aromatic carbocycles. The molecule has 0 radical (unpaired) electrons. The molecule has 0 atom stereocenters. The minimum Gasteiger partial charge on any atom is -0.397 e. The molecule has 0 bridgehead atoms. The van der Waals surface area contributed by atoms with Gasteiger partial charge in [-0.3, -0.25) is 9.78 Å². The van der Waals surface area contributed by atoms with E-state index in [4.69, 9.17) is 5.73 Å².